The molecule has 0 bridgehead atoms. The summed E-state index contributed by atoms with van der Waals surface area (Å²) < 4.78 is 0. The molecule has 0 aliphatic carbocycles. The summed E-state index contributed by atoms with van der Waals surface area (Å²) in [5, 5.41) is 3.34. The van der Waals surface area contributed by atoms with Gasteiger partial charge in [-0.1, -0.05) is 47.5 Å². The van der Waals surface area contributed by atoms with Gasteiger partial charge in [-0.15, -0.1) is 0 Å². The van der Waals surface area contributed by atoms with Crippen LogP contribution in [0.5, 0.6) is 0 Å². The Labute approximate surface area is 147 Å². The number of rotatable bonds is 6. The minimum Gasteiger partial charge on any atom is -0.350 e. The SMILES string of the molecule is CC(=O)N(CCNC(=O)c1cccc(Cl)c1)Cc1ccc(C)cc1. The maximum absolute atomic E-state index is 12.1. The molecule has 1 N–H and O–H groups in total. The van der Waals surface area contributed by atoms with Crippen molar-refractivity contribution in [3.05, 3.63) is 70.2 Å². The fraction of sp³-hybridized carbons (Fsp3) is 0.263. The molecule has 5 heteroatoms. The number of carbonyl (C=O) groups excluding carboxylic acids is 2. The van der Waals surface area contributed by atoms with E-state index in [1.807, 2.05) is 31.2 Å². The summed E-state index contributed by atoms with van der Waals surface area (Å²) in [5.41, 5.74) is 2.76. The molecule has 0 saturated carbocycles. The normalized spacial score (nSPS) is 10.3. The van der Waals surface area contributed by atoms with E-state index in [0.29, 0.717) is 30.2 Å². The lowest BCUT2D eigenvalue weighted by atomic mass is 10.1. The topological polar surface area (TPSA) is 49.4 Å². The summed E-state index contributed by atoms with van der Waals surface area (Å²) in [4.78, 5) is 25.6. The number of halogens is 1. The second kappa shape index (κ2) is 8.50. The molecule has 0 aliphatic heterocycles. The number of aryl methyl sites for hydroxylation is 1. The Balaban J connectivity index is 1.88. The first-order valence-corrected chi connectivity index (χ1v) is 8.18. The molecule has 0 aliphatic rings. The molecule has 24 heavy (non-hydrogen) atoms. The molecular formula is C19H21ClN2O2. The number of hydrogen-bond donors (Lipinski definition) is 1. The monoisotopic (exact) mass is 344 g/mol. The van der Waals surface area contributed by atoms with E-state index in [1.165, 1.54) is 12.5 Å². The van der Waals surface area contributed by atoms with E-state index in [4.69, 9.17) is 11.6 Å². The van der Waals surface area contributed by atoms with E-state index in [2.05, 4.69) is 5.32 Å². The van der Waals surface area contributed by atoms with Gasteiger partial charge in [0.25, 0.3) is 5.91 Å². The van der Waals surface area contributed by atoms with Crippen molar-refractivity contribution in [1.29, 1.82) is 0 Å². The van der Waals surface area contributed by atoms with Gasteiger partial charge in [-0.2, -0.15) is 0 Å². The zero-order chi connectivity index (χ0) is 17.5. The van der Waals surface area contributed by atoms with Crippen molar-refractivity contribution < 1.29 is 9.59 Å². The maximum atomic E-state index is 12.1. The van der Waals surface area contributed by atoms with Crippen LogP contribution >= 0.6 is 11.6 Å². The second-order valence-corrected chi connectivity index (χ2v) is 6.13. The molecule has 126 valence electrons. The Morgan fingerprint density at radius 2 is 1.83 bits per heavy atom. The van der Waals surface area contributed by atoms with Gasteiger partial charge >= 0.3 is 0 Å². The minimum atomic E-state index is -0.198. The Bertz CT molecular complexity index is 714. The van der Waals surface area contributed by atoms with Crippen molar-refractivity contribution in [2.45, 2.75) is 20.4 Å². The molecule has 0 atom stereocenters. The number of amides is 2. The third kappa shape index (κ3) is 5.39. The lowest BCUT2D eigenvalue weighted by Crippen LogP contribution is -2.37. The highest BCUT2D eigenvalue weighted by atomic mass is 35.5. The molecule has 2 amide bonds. The van der Waals surface area contributed by atoms with Gasteiger partial charge in [-0.25, -0.2) is 0 Å². The molecule has 4 nitrogen and oxygen atoms in total. The molecular weight excluding hydrogens is 324 g/mol. The molecule has 2 aromatic carbocycles. The molecule has 0 radical (unpaired) electrons. The average molecular weight is 345 g/mol. The Morgan fingerprint density at radius 3 is 2.46 bits per heavy atom. The number of nitrogens with zero attached hydrogens (tertiary/aromatic N) is 1. The molecule has 0 fully saturated rings. The first kappa shape index (κ1) is 18.0. The van der Waals surface area contributed by atoms with Crippen LogP contribution in [0.1, 0.15) is 28.4 Å². The quantitative estimate of drug-likeness (QED) is 0.872. The van der Waals surface area contributed by atoms with Crippen molar-refractivity contribution in [2.75, 3.05) is 13.1 Å². The van der Waals surface area contributed by atoms with Gasteiger partial charge in [0.2, 0.25) is 5.91 Å². The zero-order valence-corrected chi connectivity index (χ0v) is 14.6. The molecule has 0 unspecified atom stereocenters. The van der Waals surface area contributed by atoms with Gasteiger partial charge in [0.1, 0.15) is 0 Å². The standard InChI is InChI=1S/C19H21ClN2O2/c1-14-6-8-16(9-7-14)13-22(15(2)23)11-10-21-19(24)17-4-3-5-18(20)12-17/h3-9,12H,10-11,13H2,1-2H3,(H,21,24). The Kier molecular flexibility index (Phi) is 6.38. The van der Waals surface area contributed by atoms with Crippen LogP contribution in [-0.2, 0) is 11.3 Å². The number of nitrogens with one attached hydrogen (secondary N) is 1. The number of hydrogen-bond acceptors (Lipinski definition) is 2. The lowest BCUT2D eigenvalue weighted by molar-refractivity contribution is -0.129. The van der Waals surface area contributed by atoms with Gasteiger partial charge in [0, 0.05) is 37.1 Å². The average Bonchev–Trinajstić information content (AvgIpc) is 2.55. The summed E-state index contributed by atoms with van der Waals surface area (Å²) in [6.45, 7) is 4.93. The van der Waals surface area contributed by atoms with Crippen LogP contribution in [0.15, 0.2) is 48.5 Å². The van der Waals surface area contributed by atoms with E-state index in [0.717, 1.165) is 5.56 Å². The predicted octanol–water partition coefficient (Wildman–Crippen LogP) is 3.43. The molecule has 2 aromatic rings. The van der Waals surface area contributed by atoms with Crippen molar-refractivity contribution in [2.24, 2.45) is 0 Å². The maximum Gasteiger partial charge on any atom is 0.251 e. The van der Waals surface area contributed by atoms with Crippen molar-refractivity contribution in [3.8, 4) is 0 Å². The molecule has 0 saturated heterocycles. The zero-order valence-electron chi connectivity index (χ0n) is 13.9. The Hall–Kier alpha value is -2.33. The van der Waals surface area contributed by atoms with Crippen molar-refractivity contribution in [3.63, 3.8) is 0 Å². The lowest BCUT2D eigenvalue weighted by Gasteiger charge is -2.21. The molecule has 0 spiro atoms. The number of benzene rings is 2. The first-order chi connectivity index (χ1) is 11.5. The van der Waals surface area contributed by atoms with E-state index < -0.39 is 0 Å². The van der Waals surface area contributed by atoms with Gasteiger partial charge in [0.15, 0.2) is 0 Å². The van der Waals surface area contributed by atoms with Gasteiger partial charge in [-0.3, -0.25) is 9.59 Å². The fourth-order valence-corrected chi connectivity index (χ4v) is 2.49. The van der Waals surface area contributed by atoms with Crippen LogP contribution in [0.3, 0.4) is 0 Å². The molecule has 0 heterocycles. The Morgan fingerprint density at radius 1 is 1.12 bits per heavy atom. The van der Waals surface area contributed by atoms with Crippen LogP contribution in [0.25, 0.3) is 0 Å². The third-order valence-electron chi connectivity index (χ3n) is 3.69. The molecule has 2 rings (SSSR count). The van der Waals surface area contributed by atoms with Crippen LogP contribution < -0.4 is 5.32 Å². The van der Waals surface area contributed by atoms with E-state index in [-0.39, 0.29) is 11.8 Å². The smallest absolute Gasteiger partial charge is 0.251 e. The highest BCUT2D eigenvalue weighted by molar-refractivity contribution is 6.30. The fourth-order valence-electron chi connectivity index (χ4n) is 2.30. The summed E-state index contributed by atoms with van der Waals surface area (Å²) in [6, 6.07) is 14.8. The summed E-state index contributed by atoms with van der Waals surface area (Å²) in [7, 11) is 0. The van der Waals surface area contributed by atoms with Crippen molar-refractivity contribution in [1.82, 2.24) is 10.2 Å². The van der Waals surface area contributed by atoms with Gasteiger partial charge in [-0.05, 0) is 30.7 Å². The van der Waals surface area contributed by atoms with E-state index in [1.54, 1.807) is 29.2 Å². The predicted molar refractivity (Wildman–Crippen MR) is 96.1 cm³/mol. The van der Waals surface area contributed by atoms with Crippen LogP contribution in [-0.4, -0.2) is 29.8 Å². The first-order valence-electron chi connectivity index (χ1n) is 7.80. The summed E-state index contributed by atoms with van der Waals surface area (Å²) >= 11 is 5.88. The van der Waals surface area contributed by atoms with Crippen LogP contribution in [0.2, 0.25) is 5.02 Å². The highest BCUT2D eigenvalue weighted by Gasteiger charge is 2.11. The second-order valence-electron chi connectivity index (χ2n) is 5.69. The highest BCUT2D eigenvalue weighted by Crippen LogP contribution is 2.10. The van der Waals surface area contributed by atoms with E-state index in [9.17, 15) is 9.59 Å². The largest absolute Gasteiger partial charge is 0.350 e. The van der Waals surface area contributed by atoms with Gasteiger partial charge in [0.05, 0.1) is 0 Å². The molecule has 0 aromatic heterocycles. The van der Waals surface area contributed by atoms with Crippen LogP contribution in [0, 0.1) is 6.92 Å². The van der Waals surface area contributed by atoms with Crippen LogP contribution in [0.4, 0.5) is 0 Å². The minimum absolute atomic E-state index is 0.0208. The van der Waals surface area contributed by atoms with Gasteiger partial charge < -0.3 is 10.2 Å². The van der Waals surface area contributed by atoms with Crippen molar-refractivity contribution >= 4 is 23.4 Å². The summed E-state index contributed by atoms with van der Waals surface area (Å²) in [5.74, 6) is -0.219. The number of carbonyl (C=O) groups is 2. The third-order valence-corrected chi connectivity index (χ3v) is 3.93. The van der Waals surface area contributed by atoms with E-state index >= 15 is 0 Å². The summed E-state index contributed by atoms with van der Waals surface area (Å²) in [6.07, 6.45) is 0.